The number of esters is 1. The highest BCUT2D eigenvalue weighted by molar-refractivity contribution is 6.76. The molecular formula is C34H53FN4O4Si2. The lowest BCUT2D eigenvalue weighted by atomic mass is 9.87. The van der Waals surface area contributed by atoms with Gasteiger partial charge in [-0.3, -0.25) is 9.36 Å². The van der Waals surface area contributed by atoms with Crippen LogP contribution in [0.1, 0.15) is 50.9 Å². The van der Waals surface area contributed by atoms with Gasteiger partial charge in [0.1, 0.15) is 30.3 Å². The average Bonchev–Trinajstić information content (AvgIpc) is 3.23. The maximum Gasteiger partial charge on any atom is 0.310 e. The maximum absolute atomic E-state index is 15.7. The summed E-state index contributed by atoms with van der Waals surface area (Å²) in [4.78, 5) is 17.6. The van der Waals surface area contributed by atoms with Gasteiger partial charge in [0, 0.05) is 40.6 Å². The molecule has 0 amide bonds. The predicted octanol–water partition coefficient (Wildman–Crippen LogP) is 7.67. The van der Waals surface area contributed by atoms with Crippen LogP contribution in [0, 0.1) is 17.2 Å². The summed E-state index contributed by atoms with van der Waals surface area (Å²) in [6.07, 6.45) is 3.07. The van der Waals surface area contributed by atoms with Crippen molar-refractivity contribution in [3.05, 3.63) is 34.8 Å². The fraction of sp³-hybridized carbons (Fsp3) is 0.676. The quantitative estimate of drug-likeness (QED) is 0.107. The molecule has 1 aromatic carbocycles. The standard InChI is InChI=1S/C34H53FN4O4Si2/c1-33(2,3)43-29(40)17-23-15-26(35)31-27(16-23)38(21-41-11-13-44(5,6)7)32(36-31)30-25-18-24-19-34(24,4)20-28(25)39(37-30)22-42-12-14-45(8,9)10/h15-16,24H,11-14,17-22H2,1-10H3/t24-,34-/m1/s1. The Hall–Kier alpha value is -2.35. The fourth-order valence-corrected chi connectivity index (χ4v) is 7.67. The van der Waals surface area contributed by atoms with E-state index in [1.807, 2.05) is 36.1 Å². The van der Waals surface area contributed by atoms with E-state index in [9.17, 15) is 4.79 Å². The van der Waals surface area contributed by atoms with Gasteiger partial charge in [0.25, 0.3) is 0 Å². The predicted molar refractivity (Wildman–Crippen MR) is 182 cm³/mol. The van der Waals surface area contributed by atoms with Crippen molar-refractivity contribution >= 4 is 33.2 Å². The Morgan fingerprint density at radius 2 is 1.69 bits per heavy atom. The van der Waals surface area contributed by atoms with Crippen LogP contribution in [0.5, 0.6) is 0 Å². The van der Waals surface area contributed by atoms with Gasteiger partial charge in [0.15, 0.2) is 11.6 Å². The third-order valence-corrected chi connectivity index (χ3v) is 12.4. The highest BCUT2D eigenvalue weighted by Gasteiger charge is 2.54. The van der Waals surface area contributed by atoms with Gasteiger partial charge < -0.3 is 14.2 Å². The third-order valence-electron chi connectivity index (χ3n) is 9.00. The van der Waals surface area contributed by atoms with Crippen molar-refractivity contribution < 1.29 is 23.4 Å². The van der Waals surface area contributed by atoms with Gasteiger partial charge in [-0.2, -0.15) is 5.10 Å². The minimum atomic E-state index is -1.31. The van der Waals surface area contributed by atoms with Crippen LogP contribution in [-0.4, -0.2) is 60.3 Å². The van der Waals surface area contributed by atoms with Crippen LogP contribution in [0.4, 0.5) is 4.39 Å². The zero-order valence-electron chi connectivity index (χ0n) is 29.1. The molecule has 2 aromatic heterocycles. The van der Waals surface area contributed by atoms with Crippen molar-refractivity contribution in [1.29, 1.82) is 0 Å². The largest absolute Gasteiger partial charge is 0.460 e. The second kappa shape index (κ2) is 12.4. The van der Waals surface area contributed by atoms with Crippen molar-refractivity contribution in [3.8, 4) is 11.5 Å². The smallest absolute Gasteiger partial charge is 0.310 e. The summed E-state index contributed by atoms with van der Waals surface area (Å²) in [6.45, 7) is 23.8. The molecule has 0 radical (unpaired) electrons. The van der Waals surface area contributed by atoms with Gasteiger partial charge in [-0.1, -0.05) is 46.2 Å². The highest BCUT2D eigenvalue weighted by Crippen LogP contribution is 2.60. The summed E-state index contributed by atoms with van der Waals surface area (Å²) >= 11 is 0. The number of carbonyl (C=O) groups excluding carboxylic acids is 1. The first-order valence-electron chi connectivity index (χ1n) is 16.5. The van der Waals surface area contributed by atoms with Gasteiger partial charge in [-0.15, -0.1) is 0 Å². The number of benzene rings is 1. The highest BCUT2D eigenvalue weighted by atomic mass is 28.3. The first kappa shape index (κ1) is 34.0. The summed E-state index contributed by atoms with van der Waals surface area (Å²) in [5.74, 6) is 0.365. The van der Waals surface area contributed by atoms with E-state index in [1.54, 1.807) is 0 Å². The van der Waals surface area contributed by atoms with E-state index in [2.05, 4.69) is 46.2 Å². The third kappa shape index (κ3) is 8.33. The molecule has 1 fully saturated rings. The van der Waals surface area contributed by atoms with E-state index in [-0.39, 0.29) is 18.7 Å². The molecule has 5 rings (SSSR count). The van der Waals surface area contributed by atoms with Crippen LogP contribution < -0.4 is 0 Å². The normalized spacial score (nSPS) is 19.9. The van der Waals surface area contributed by atoms with E-state index in [1.165, 1.54) is 23.7 Å². The first-order chi connectivity index (χ1) is 20.8. The molecule has 0 saturated heterocycles. The average molecular weight is 657 g/mol. The number of hydrogen-bond donors (Lipinski definition) is 0. The van der Waals surface area contributed by atoms with Crippen molar-refractivity contribution in [3.63, 3.8) is 0 Å². The molecule has 3 aromatic rings. The number of rotatable bonds is 13. The minimum Gasteiger partial charge on any atom is -0.460 e. The van der Waals surface area contributed by atoms with Crippen molar-refractivity contribution in [2.45, 2.75) is 124 Å². The number of carbonyl (C=O) groups is 1. The van der Waals surface area contributed by atoms with E-state index in [0.717, 1.165) is 30.6 Å². The van der Waals surface area contributed by atoms with Crippen LogP contribution in [-0.2, 0) is 51.7 Å². The molecule has 2 aliphatic rings. The van der Waals surface area contributed by atoms with Crippen LogP contribution in [0.25, 0.3) is 22.6 Å². The van der Waals surface area contributed by atoms with Gasteiger partial charge in [-0.25, -0.2) is 14.1 Å². The molecule has 2 aliphatic carbocycles. The molecule has 0 spiro atoms. The topological polar surface area (TPSA) is 80.4 Å². The molecule has 11 heteroatoms. The fourth-order valence-electron chi connectivity index (χ4n) is 6.16. The Morgan fingerprint density at radius 3 is 2.31 bits per heavy atom. The van der Waals surface area contributed by atoms with Crippen LogP contribution >= 0.6 is 0 Å². The Kier molecular flexibility index (Phi) is 9.33. The van der Waals surface area contributed by atoms with Gasteiger partial charge in [0.05, 0.1) is 11.9 Å². The number of hydrogen-bond acceptors (Lipinski definition) is 6. The van der Waals surface area contributed by atoms with Crippen LogP contribution in [0.2, 0.25) is 51.4 Å². The second-order valence-electron chi connectivity index (χ2n) is 17.0. The summed E-state index contributed by atoms with van der Waals surface area (Å²) in [5.41, 5.74) is 4.27. The van der Waals surface area contributed by atoms with Crippen molar-refractivity contribution in [1.82, 2.24) is 19.3 Å². The van der Waals surface area contributed by atoms with E-state index in [0.29, 0.717) is 48.2 Å². The molecule has 2 heterocycles. The SMILES string of the molecule is CC(C)(C)OC(=O)Cc1cc(F)c2nc(-c3nn(COCC[Si](C)(C)C)c4c3C[C@@H]3C[C@]3(C)C4)n(COCC[Si](C)(C)C)c2c1. The summed E-state index contributed by atoms with van der Waals surface area (Å²) in [5, 5.41) is 5.12. The second-order valence-corrected chi connectivity index (χ2v) is 28.2. The Morgan fingerprint density at radius 1 is 1.04 bits per heavy atom. The minimum absolute atomic E-state index is 0.0276. The van der Waals surface area contributed by atoms with Crippen LogP contribution in [0.3, 0.4) is 0 Å². The molecule has 45 heavy (non-hydrogen) atoms. The molecular weight excluding hydrogens is 604 g/mol. The van der Waals surface area contributed by atoms with Gasteiger partial charge in [0.2, 0.25) is 0 Å². The molecule has 248 valence electrons. The lowest BCUT2D eigenvalue weighted by molar-refractivity contribution is -0.153. The molecule has 8 nitrogen and oxygen atoms in total. The lowest BCUT2D eigenvalue weighted by Gasteiger charge is -2.20. The number of fused-ring (bicyclic) bond motifs is 3. The van der Waals surface area contributed by atoms with E-state index in [4.69, 9.17) is 24.3 Å². The molecule has 0 N–H and O–H groups in total. The molecule has 0 aliphatic heterocycles. The summed E-state index contributed by atoms with van der Waals surface area (Å²) in [6, 6.07) is 5.36. The van der Waals surface area contributed by atoms with Crippen molar-refractivity contribution in [2.75, 3.05) is 13.2 Å². The maximum atomic E-state index is 15.7. The monoisotopic (exact) mass is 656 g/mol. The molecule has 0 bridgehead atoms. The van der Waals surface area contributed by atoms with E-state index >= 15 is 4.39 Å². The molecule has 1 saturated carbocycles. The number of aromatic nitrogens is 4. The number of halogens is 1. The zero-order valence-corrected chi connectivity index (χ0v) is 31.1. The van der Waals surface area contributed by atoms with Crippen molar-refractivity contribution in [2.24, 2.45) is 11.3 Å². The number of imidazole rings is 1. The number of ether oxygens (including phenoxy) is 3. The molecule has 2 atom stereocenters. The Bertz CT molecular complexity index is 1560. The lowest BCUT2D eigenvalue weighted by Crippen LogP contribution is -2.25. The molecule has 0 unspecified atom stereocenters. The Balaban J connectivity index is 1.54. The first-order valence-corrected chi connectivity index (χ1v) is 23.9. The summed E-state index contributed by atoms with van der Waals surface area (Å²) < 4.78 is 37.7. The summed E-state index contributed by atoms with van der Waals surface area (Å²) in [7, 11) is -2.53. The van der Waals surface area contributed by atoms with Gasteiger partial charge in [-0.05, 0) is 81.2 Å². The van der Waals surface area contributed by atoms with Crippen LogP contribution in [0.15, 0.2) is 12.1 Å². The van der Waals surface area contributed by atoms with Gasteiger partial charge >= 0.3 is 5.97 Å². The zero-order chi connectivity index (χ0) is 32.9. The Labute approximate surface area is 270 Å². The number of nitrogens with zero attached hydrogens (tertiary/aromatic N) is 4. The van der Waals surface area contributed by atoms with E-state index < -0.39 is 33.5 Å².